The Morgan fingerprint density at radius 1 is 1.08 bits per heavy atom. The zero-order valence-electron chi connectivity index (χ0n) is 22.9. The number of hydrogen-bond acceptors (Lipinski definition) is 4. The maximum Gasteiger partial charge on any atom is 0.251 e. The van der Waals surface area contributed by atoms with Crippen molar-refractivity contribution in [2.75, 3.05) is 18.5 Å². The van der Waals surface area contributed by atoms with Crippen LogP contribution in [0.15, 0.2) is 85.1 Å². The van der Waals surface area contributed by atoms with Gasteiger partial charge in [-0.25, -0.2) is 4.98 Å². The minimum atomic E-state index is -0.122. The Bertz CT molecular complexity index is 1540. The number of anilines is 1. The second-order valence-corrected chi connectivity index (χ2v) is 9.79. The molecule has 1 amide bonds. The molecule has 4 rings (SSSR count). The summed E-state index contributed by atoms with van der Waals surface area (Å²) < 4.78 is 5.53. The average molecular weight is 540 g/mol. The molecule has 0 saturated heterocycles. The van der Waals surface area contributed by atoms with E-state index in [0.717, 1.165) is 56.0 Å². The van der Waals surface area contributed by atoms with E-state index in [1.165, 1.54) is 0 Å². The first kappa shape index (κ1) is 27.9. The number of aromatic nitrogens is 1. The van der Waals surface area contributed by atoms with Gasteiger partial charge in [-0.2, -0.15) is 0 Å². The normalized spacial score (nSPS) is 11.4. The number of nitrogens with zero attached hydrogens (tertiary/aromatic N) is 1. The molecular weight excluding hydrogens is 506 g/mol. The first-order valence-electron chi connectivity index (χ1n) is 13.1. The van der Waals surface area contributed by atoms with Gasteiger partial charge in [0.1, 0.15) is 0 Å². The van der Waals surface area contributed by atoms with Crippen LogP contribution in [0.5, 0.6) is 0 Å². The van der Waals surface area contributed by atoms with Crippen LogP contribution in [-0.4, -0.2) is 24.0 Å². The van der Waals surface area contributed by atoms with E-state index in [1.807, 2.05) is 62.4 Å². The molecule has 0 aliphatic heterocycles. The van der Waals surface area contributed by atoms with Crippen molar-refractivity contribution in [1.29, 1.82) is 0 Å². The number of ether oxygens (including phenoxy) is 1. The number of allylic oxidation sites excluding steroid dienone is 1. The highest BCUT2D eigenvalue weighted by Crippen LogP contribution is 2.34. The van der Waals surface area contributed by atoms with Crippen LogP contribution in [0.4, 0.5) is 5.69 Å². The van der Waals surface area contributed by atoms with Gasteiger partial charge in [-0.05, 0) is 81.8 Å². The first-order valence-corrected chi connectivity index (χ1v) is 13.5. The van der Waals surface area contributed by atoms with E-state index < -0.39 is 0 Å². The maximum absolute atomic E-state index is 12.6. The Kier molecular flexibility index (Phi) is 9.05. The number of hydrogen-bond donors (Lipinski definition) is 2. The summed E-state index contributed by atoms with van der Waals surface area (Å²) in [7, 11) is 0. The van der Waals surface area contributed by atoms with Gasteiger partial charge in [0, 0.05) is 51.4 Å². The van der Waals surface area contributed by atoms with Crippen LogP contribution in [0, 0.1) is 13.8 Å². The fourth-order valence-electron chi connectivity index (χ4n) is 4.57. The molecule has 0 bridgehead atoms. The molecule has 4 aromatic rings. The summed E-state index contributed by atoms with van der Waals surface area (Å²) in [6.45, 7) is 13.5. The van der Waals surface area contributed by atoms with E-state index in [9.17, 15) is 4.79 Å². The van der Waals surface area contributed by atoms with E-state index in [2.05, 4.69) is 43.2 Å². The highest BCUT2D eigenvalue weighted by molar-refractivity contribution is 6.33. The van der Waals surface area contributed by atoms with E-state index in [4.69, 9.17) is 21.3 Å². The van der Waals surface area contributed by atoms with E-state index in [1.54, 1.807) is 12.1 Å². The number of fused-ring (bicyclic) bond motifs is 1. The molecule has 0 radical (unpaired) electrons. The Balaban J connectivity index is 1.56. The number of carbonyl (C=O) groups excluding carboxylic acids is 1. The highest BCUT2D eigenvalue weighted by Gasteiger charge is 2.15. The fraction of sp³-hybridized carbons (Fsp3) is 0.212. The van der Waals surface area contributed by atoms with Gasteiger partial charge in [0.2, 0.25) is 0 Å². The molecule has 0 unspecified atom stereocenters. The summed E-state index contributed by atoms with van der Waals surface area (Å²) in [6, 6.07) is 21.4. The van der Waals surface area contributed by atoms with Crippen molar-refractivity contribution < 1.29 is 9.53 Å². The van der Waals surface area contributed by atoms with Crippen molar-refractivity contribution in [2.24, 2.45) is 0 Å². The van der Waals surface area contributed by atoms with Crippen LogP contribution in [0.25, 0.3) is 27.9 Å². The molecule has 5 nitrogen and oxygen atoms in total. The number of nitrogens with one attached hydrogen (secondary N) is 2. The molecule has 0 saturated carbocycles. The van der Waals surface area contributed by atoms with E-state index >= 15 is 0 Å². The Hall–Kier alpha value is -4.09. The molecule has 2 N–H and O–H groups in total. The Morgan fingerprint density at radius 2 is 1.82 bits per heavy atom. The smallest absolute Gasteiger partial charge is 0.251 e. The lowest BCUT2D eigenvalue weighted by molar-refractivity contribution is 0.0952. The Morgan fingerprint density at radius 3 is 2.51 bits per heavy atom. The third-order valence-corrected chi connectivity index (χ3v) is 6.80. The quantitative estimate of drug-likeness (QED) is 0.199. The lowest BCUT2D eigenvalue weighted by Crippen LogP contribution is -2.24. The molecule has 0 fully saturated rings. The highest BCUT2D eigenvalue weighted by atomic mass is 35.5. The van der Waals surface area contributed by atoms with Crippen LogP contribution >= 0.6 is 11.6 Å². The summed E-state index contributed by atoms with van der Waals surface area (Å²) >= 11 is 6.53. The molecule has 0 spiro atoms. The molecule has 1 aromatic heterocycles. The summed E-state index contributed by atoms with van der Waals surface area (Å²) in [6.07, 6.45) is 2.58. The van der Waals surface area contributed by atoms with Crippen molar-refractivity contribution >= 4 is 39.8 Å². The van der Waals surface area contributed by atoms with Crippen LogP contribution in [0.1, 0.15) is 47.3 Å². The van der Waals surface area contributed by atoms with Gasteiger partial charge in [0.05, 0.1) is 23.6 Å². The number of amides is 1. The predicted molar refractivity (Wildman–Crippen MR) is 163 cm³/mol. The number of benzene rings is 3. The fourth-order valence-corrected chi connectivity index (χ4v) is 4.80. The van der Waals surface area contributed by atoms with Gasteiger partial charge in [0.25, 0.3) is 5.91 Å². The second-order valence-electron chi connectivity index (χ2n) is 9.39. The number of aryl methyl sites for hydroxylation is 2. The minimum Gasteiger partial charge on any atom is -0.499 e. The first-order chi connectivity index (χ1) is 18.8. The summed E-state index contributed by atoms with van der Waals surface area (Å²) in [5, 5.41) is 8.03. The molecule has 0 aliphatic rings. The number of rotatable bonds is 10. The number of carbonyl (C=O) groups is 1. The molecule has 39 heavy (non-hydrogen) atoms. The maximum atomic E-state index is 12.6. The van der Waals surface area contributed by atoms with Gasteiger partial charge in [-0.3, -0.25) is 4.79 Å². The topological polar surface area (TPSA) is 63.2 Å². The van der Waals surface area contributed by atoms with Crippen LogP contribution in [-0.2, 0) is 4.74 Å². The monoisotopic (exact) mass is 539 g/mol. The van der Waals surface area contributed by atoms with Gasteiger partial charge >= 0.3 is 0 Å². The van der Waals surface area contributed by atoms with Gasteiger partial charge < -0.3 is 15.4 Å². The number of halogens is 1. The molecule has 200 valence electrons. The molecule has 0 aliphatic carbocycles. The minimum absolute atomic E-state index is 0.122. The molecule has 3 aromatic carbocycles. The summed E-state index contributed by atoms with van der Waals surface area (Å²) in [5.74, 6) is 0.755. The van der Waals surface area contributed by atoms with Crippen molar-refractivity contribution in [3.8, 4) is 11.3 Å². The predicted octanol–water partition coefficient (Wildman–Crippen LogP) is 8.32. The van der Waals surface area contributed by atoms with Gasteiger partial charge in [-0.1, -0.05) is 48.0 Å². The van der Waals surface area contributed by atoms with Crippen molar-refractivity contribution in [1.82, 2.24) is 10.3 Å². The zero-order valence-corrected chi connectivity index (χ0v) is 23.7. The van der Waals surface area contributed by atoms with E-state index in [-0.39, 0.29) is 5.91 Å². The summed E-state index contributed by atoms with van der Waals surface area (Å²) in [4.78, 5) is 17.6. The number of pyridine rings is 1. The SMILES string of the molecule is C=C(Nc1ccc(C(=O)NCC/C(=C/C)OCC)cc1)c1cc(-c2ccccc2Cl)nc2c(C)cc(C)cc12. The summed E-state index contributed by atoms with van der Waals surface area (Å²) in [5.41, 5.74) is 7.90. The standard InChI is InChI=1S/C33H34ClN3O2/c1-6-26(39-7-2)16-17-35-33(38)24-12-14-25(15-13-24)36-23(5)28-20-31(27-10-8-9-11-30(27)34)37-32-22(4)18-21(3)19-29(28)32/h6,8-15,18-20,36H,5,7,16-17H2,1-4H3,(H,35,38)/b26-6-. The largest absolute Gasteiger partial charge is 0.499 e. The van der Waals surface area contributed by atoms with Crippen molar-refractivity contribution in [3.05, 3.63) is 112 Å². The molecule has 6 heteroatoms. The van der Waals surface area contributed by atoms with Crippen LogP contribution in [0.2, 0.25) is 5.02 Å². The molecular formula is C33H34ClN3O2. The third kappa shape index (κ3) is 6.68. The van der Waals surface area contributed by atoms with Crippen molar-refractivity contribution in [2.45, 2.75) is 34.1 Å². The second kappa shape index (κ2) is 12.6. The van der Waals surface area contributed by atoms with Crippen LogP contribution < -0.4 is 10.6 Å². The zero-order chi connectivity index (χ0) is 27.9. The van der Waals surface area contributed by atoms with E-state index in [0.29, 0.717) is 30.2 Å². The Labute approximate surface area is 235 Å². The van der Waals surface area contributed by atoms with Crippen LogP contribution in [0.3, 0.4) is 0 Å². The molecule has 0 atom stereocenters. The van der Waals surface area contributed by atoms with Gasteiger partial charge in [-0.15, -0.1) is 0 Å². The van der Waals surface area contributed by atoms with Gasteiger partial charge in [0.15, 0.2) is 0 Å². The lowest BCUT2D eigenvalue weighted by Gasteiger charge is -2.16. The van der Waals surface area contributed by atoms with Crippen molar-refractivity contribution in [3.63, 3.8) is 0 Å². The molecule has 1 heterocycles. The average Bonchev–Trinajstić information content (AvgIpc) is 2.92. The lowest BCUT2D eigenvalue weighted by atomic mass is 9.98. The third-order valence-electron chi connectivity index (χ3n) is 6.47.